The van der Waals surface area contributed by atoms with E-state index in [1.807, 2.05) is 0 Å². The molecule has 1 aromatic heterocycles. The van der Waals surface area contributed by atoms with Crippen LogP contribution in [0.15, 0.2) is 29.3 Å². The smallest absolute Gasteiger partial charge is 0.449 e. The largest absolute Gasteiger partial charge is 0.511 e. The minimum Gasteiger partial charge on any atom is -0.449 e. The van der Waals surface area contributed by atoms with E-state index in [1.54, 1.807) is 0 Å². The van der Waals surface area contributed by atoms with Gasteiger partial charge in [0.2, 0.25) is 0 Å². The Morgan fingerprint density at radius 2 is 2.27 bits per heavy atom. The number of aromatic nitrogens is 2. The van der Waals surface area contributed by atoms with Crippen molar-refractivity contribution >= 4 is 17.1 Å². The van der Waals surface area contributed by atoms with Crippen LogP contribution in [0.5, 0.6) is 5.75 Å². The molecule has 1 aromatic carbocycles. The fraction of sp³-hybridized carbons (Fsp3) is 0. The minimum atomic E-state index is -1.40. The van der Waals surface area contributed by atoms with Crippen LogP contribution in [0.2, 0.25) is 0 Å². The summed E-state index contributed by atoms with van der Waals surface area (Å²) in [6.45, 7) is 0. The van der Waals surface area contributed by atoms with E-state index in [2.05, 4.69) is 14.7 Å². The summed E-state index contributed by atoms with van der Waals surface area (Å²) < 4.78 is 4.43. The van der Waals surface area contributed by atoms with Gasteiger partial charge in [-0.05, 0) is 12.1 Å². The van der Waals surface area contributed by atoms with Crippen molar-refractivity contribution < 1.29 is 14.6 Å². The van der Waals surface area contributed by atoms with E-state index in [0.29, 0.717) is 10.9 Å². The average molecular weight is 206 g/mol. The Bertz CT molecular complexity index is 576. The lowest BCUT2D eigenvalue weighted by Crippen LogP contribution is -2.07. The van der Waals surface area contributed by atoms with Crippen molar-refractivity contribution in [3.8, 4) is 5.75 Å². The minimum absolute atomic E-state index is 0.133. The first-order chi connectivity index (χ1) is 7.16. The second-order valence-corrected chi connectivity index (χ2v) is 2.78. The van der Waals surface area contributed by atoms with Gasteiger partial charge in [-0.15, -0.1) is 0 Å². The molecule has 6 nitrogen and oxygen atoms in total. The lowest BCUT2D eigenvalue weighted by molar-refractivity contribution is 0.144. The molecule has 15 heavy (non-hydrogen) atoms. The summed E-state index contributed by atoms with van der Waals surface area (Å²) in [6.07, 6.45) is -0.158. The third-order valence-corrected chi connectivity index (χ3v) is 1.82. The van der Waals surface area contributed by atoms with Gasteiger partial charge in [0.25, 0.3) is 5.56 Å². The molecule has 0 aliphatic rings. The lowest BCUT2D eigenvalue weighted by atomic mass is 10.2. The van der Waals surface area contributed by atoms with Crippen molar-refractivity contribution in [2.75, 3.05) is 0 Å². The molecular formula is C9H6N2O4. The summed E-state index contributed by atoms with van der Waals surface area (Å²) in [5.74, 6) is 0.133. The van der Waals surface area contributed by atoms with Crippen molar-refractivity contribution in [1.29, 1.82) is 0 Å². The Kier molecular flexibility index (Phi) is 2.09. The molecule has 2 aromatic rings. The van der Waals surface area contributed by atoms with Crippen LogP contribution in [0.3, 0.4) is 0 Å². The van der Waals surface area contributed by atoms with Crippen LogP contribution in [-0.4, -0.2) is 21.2 Å². The van der Waals surface area contributed by atoms with Gasteiger partial charge in [-0.2, -0.15) is 0 Å². The number of rotatable bonds is 1. The summed E-state index contributed by atoms with van der Waals surface area (Å²) in [5, 5.41) is 8.77. The maximum Gasteiger partial charge on any atom is 0.511 e. The normalized spacial score (nSPS) is 10.1. The predicted molar refractivity (Wildman–Crippen MR) is 51.0 cm³/mol. The molecule has 0 radical (unpaired) electrons. The van der Waals surface area contributed by atoms with Gasteiger partial charge in [0.1, 0.15) is 5.75 Å². The zero-order valence-corrected chi connectivity index (χ0v) is 7.43. The molecule has 0 spiro atoms. The SMILES string of the molecule is O=C(O)Oc1ccc2c(=O)[nH]cnc2c1. The molecule has 76 valence electrons. The molecule has 0 aliphatic heterocycles. The summed E-state index contributed by atoms with van der Waals surface area (Å²) in [7, 11) is 0. The van der Waals surface area contributed by atoms with Crippen LogP contribution in [0, 0.1) is 0 Å². The number of fused-ring (bicyclic) bond motifs is 1. The van der Waals surface area contributed by atoms with Crippen molar-refractivity contribution in [2.24, 2.45) is 0 Å². The van der Waals surface area contributed by atoms with Crippen LogP contribution in [-0.2, 0) is 0 Å². The number of nitrogens with one attached hydrogen (secondary N) is 1. The number of hydrogen-bond donors (Lipinski definition) is 2. The third-order valence-electron chi connectivity index (χ3n) is 1.82. The Labute approximate surface area is 83.1 Å². The first kappa shape index (κ1) is 9.20. The number of carbonyl (C=O) groups is 1. The van der Waals surface area contributed by atoms with Crippen molar-refractivity contribution in [3.05, 3.63) is 34.9 Å². The zero-order chi connectivity index (χ0) is 10.8. The molecule has 0 saturated heterocycles. The van der Waals surface area contributed by atoms with Crippen molar-refractivity contribution in [3.63, 3.8) is 0 Å². The molecule has 0 saturated carbocycles. The Morgan fingerprint density at radius 1 is 1.47 bits per heavy atom. The maximum absolute atomic E-state index is 11.3. The van der Waals surface area contributed by atoms with Crippen LogP contribution >= 0.6 is 0 Å². The van der Waals surface area contributed by atoms with Gasteiger partial charge >= 0.3 is 6.16 Å². The van der Waals surface area contributed by atoms with Crippen molar-refractivity contribution in [1.82, 2.24) is 9.97 Å². The number of hydrogen-bond acceptors (Lipinski definition) is 4. The topological polar surface area (TPSA) is 92.3 Å². The van der Waals surface area contributed by atoms with E-state index in [9.17, 15) is 9.59 Å². The van der Waals surface area contributed by atoms with E-state index in [0.717, 1.165) is 0 Å². The monoisotopic (exact) mass is 206 g/mol. The van der Waals surface area contributed by atoms with Crippen LogP contribution in [0.4, 0.5) is 4.79 Å². The maximum atomic E-state index is 11.3. The summed E-state index contributed by atoms with van der Waals surface area (Å²) in [6, 6.07) is 4.24. The lowest BCUT2D eigenvalue weighted by Gasteiger charge is -2.00. The van der Waals surface area contributed by atoms with Crippen molar-refractivity contribution in [2.45, 2.75) is 0 Å². The molecule has 1 heterocycles. The van der Waals surface area contributed by atoms with Gasteiger partial charge in [0.05, 0.1) is 17.2 Å². The second kappa shape index (κ2) is 3.41. The highest BCUT2D eigenvalue weighted by Gasteiger charge is 2.04. The quantitative estimate of drug-likeness (QED) is 0.536. The van der Waals surface area contributed by atoms with E-state index in [4.69, 9.17) is 5.11 Å². The number of benzene rings is 1. The molecule has 6 heteroatoms. The number of nitrogens with zero attached hydrogens (tertiary/aromatic N) is 1. The highest BCUT2D eigenvalue weighted by molar-refractivity contribution is 5.79. The van der Waals surface area contributed by atoms with E-state index in [-0.39, 0.29) is 11.3 Å². The molecule has 2 rings (SSSR count). The molecule has 0 aliphatic carbocycles. The van der Waals surface area contributed by atoms with Gasteiger partial charge in [0.15, 0.2) is 0 Å². The van der Waals surface area contributed by atoms with Gasteiger partial charge in [-0.1, -0.05) is 0 Å². The number of ether oxygens (including phenoxy) is 1. The highest BCUT2D eigenvalue weighted by Crippen LogP contribution is 2.16. The number of carboxylic acid groups (broad SMARTS) is 1. The summed E-state index contributed by atoms with van der Waals surface area (Å²) in [4.78, 5) is 27.8. The van der Waals surface area contributed by atoms with E-state index >= 15 is 0 Å². The Balaban J connectivity index is 2.57. The number of aromatic amines is 1. The second-order valence-electron chi connectivity index (χ2n) is 2.78. The first-order valence-electron chi connectivity index (χ1n) is 4.05. The van der Waals surface area contributed by atoms with Crippen LogP contribution < -0.4 is 10.3 Å². The predicted octanol–water partition coefficient (Wildman–Crippen LogP) is 0.980. The Hall–Kier alpha value is -2.37. The third kappa shape index (κ3) is 1.78. The molecular weight excluding hydrogens is 200 g/mol. The number of H-pyrrole nitrogens is 1. The van der Waals surface area contributed by atoms with E-state index < -0.39 is 6.16 Å². The van der Waals surface area contributed by atoms with Crippen LogP contribution in [0.1, 0.15) is 0 Å². The molecule has 0 atom stereocenters. The highest BCUT2D eigenvalue weighted by atomic mass is 16.7. The molecule has 0 unspecified atom stereocenters. The molecule has 0 fully saturated rings. The van der Waals surface area contributed by atoms with Crippen LogP contribution in [0.25, 0.3) is 10.9 Å². The van der Waals surface area contributed by atoms with Gasteiger partial charge in [0, 0.05) is 6.07 Å². The molecule has 0 bridgehead atoms. The average Bonchev–Trinajstić information content (AvgIpc) is 2.17. The fourth-order valence-electron chi connectivity index (χ4n) is 1.21. The Morgan fingerprint density at radius 3 is 3.00 bits per heavy atom. The van der Waals surface area contributed by atoms with Gasteiger partial charge < -0.3 is 14.8 Å². The molecule has 2 N–H and O–H groups in total. The van der Waals surface area contributed by atoms with Gasteiger partial charge in [-0.25, -0.2) is 9.78 Å². The first-order valence-corrected chi connectivity index (χ1v) is 4.05. The zero-order valence-electron chi connectivity index (χ0n) is 7.43. The fourth-order valence-corrected chi connectivity index (χ4v) is 1.21. The standard InChI is InChI=1S/C9H6N2O4/c12-8-6-2-1-5(15-9(13)14)3-7(6)10-4-11-8/h1-4H,(H,13,14)(H,10,11,12). The summed E-state index contributed by atoms with van der Waals surface area (Å²) in [5.41, 5.74) is 0.111. The molecule has 0 amide bonds. The summed E-state index contributed by atoms with van der Waals surface area (Å²) >= 11 is 0. The van der Waals surface area contributed by atoms with E-state index in [1.165, 1.54) is 24.5 Å². The van der Waals surface area contributed by atoms with Gasteiger partial charge in [-0.3, -0.25) is 4.79 Å².